The number of rotatable bonds is 7. The molecule has 1 unspecified atom stereocenters. The highest BCUT2D eigenvalue weighted by Crippen LogP contribution is 2.23. The molecule has 3 heteroatoms. The highest BCUT2D eigenvalue weighted by atomic mass is 19.1. The molecule has 1 N–H and O–H groups in total. The van der Waals surface area contributed by atoms with E-state index in [0.29, 0.717) is 18.5 Å². The highest BCUT2D eigenvalue weighted by Gasteiger charge is 2.13. The van der Waals surface area contributed by atoms with Gasteiger partial charge in [0, 0.05) is 37.4 Å². The summed E-state index contributed by atoms with van der Waals surface area (Å²) in [5.74, 6) is 0.487. The van der Waals surface area contributed by atoms with E-state index < -0.39 is 0 Å². The molecule has 0 aliphatic heterocycles. The van der Waals surface area contributed by atoms with Gasteiger partial charge in [0.25, 0.3) is 0 Å². The summed E-state index contributed by atoms with van der Waals surface area (Å²) < 4.78 is 14.0. The molecule has 0 heterocycles. The smallest absolute Gasteiger partial charge is 0.129 e. The normalized spacial score (nSPS) is 12.8. The Hall–Kier alpha value is -1.09. The van der Waals surface area contributed by atoms with E-state index in [0.717, 1.165) is 24.2 Å². The summed E-state index contributed by atoms with van der Waals surface area (Å²) in [5, 5.41) is 3.30. The van der Waals surface area contributed by atoms with E-state index in [1.165, 1.54) is 6.07 Å². The van der Waals surface area contributed by atoms with Gasteiger partial charge < -0.3 is 10.2 Å². The topological polar surface area (TPSA) is 15.3 Å². The fraction of sp³-hybridized carbons (Fsp3) is 0.625. The standard InChI is InChI=1S/C16H27FN2/c1-6-13(4)11-19(5)16-9-7-8-15(17)14(16)10-18-12(2)3/h7-9,12-13,18H,6,10-11H2,1-5H3. The first-order valence-electron chi connectivity index (χ1n) is 7.17. The van der Waals surface area contributed by atoms with Crippen LogP contribution in [0, 0.1) is 11.7 Å². The first-order valence-corrected chi connectivity index (χ1v) is 7.17. The molecule has 1 atom stereocenters. The van der Waals surface area contributed by atoms with Gasteiger partial charge in [-0.2, -0.15) is 0 Å². The molecule has 0 spiro atoms. The highest BCUT2D eigenvalue weighted by molar-refractivity contribution is 5.53. The van der Waals surface area contributed by atoms with Crippen LogP contribution >= 0.6 is 0 Å². The third-order valence-corrected chi connectivity index (χ3v) is 3.47. The zero-order valence-electron chi connectivity index (χ0n) is 12.8. The van der Waals surface area contributed by atoms with Gasteiger partial charge in [-0.3, -0.25) is 0 Å². The van der Waals surface area contributed by atoms with Crippen LogP contribution in [0.3, 0.4) is 0 Å². The van der Waals surface area contributed by atoms with E-state index in [2.05, 4.69) is 37.9 Å². The van der Waals surface area contributed by atoms with Crippen molar-refractivity contribution in [3.05, 3.63) is 29.6 Å². The van der Waals surface area contributed by atoms with Crippen LogP contribution in [-0.2, 0) is 6.54 Å². The van der Waals surface area contributed by atoms with Crippen molar-refractivity contribution in [3.63, 3.8) is 0 Å². The third kappa shape index (κ3) is 4.83. The fourth-order valence-electron chi connectivity index (χ4n) is 2.08. The van der Waals surface area contributed by atoms with Gasteiger partial charge in [0.1, 0.15) is 5.82 Å². The van der Waals surface area contributed by atoms with Crippen molar-refractivity contribution in [2.24, 2.45) is 5.92 Å². The minimum Gasteiger partial charge on any atom is -0.374 e. The van der Waals surface area contributed by atoms with Gasteiger partial charge in [0.2, 0.25) is 0 Å². The molecule has 1 aromatic rings. The van der Waals surface area contributed by atoms with Crippen molar-refractivity contribution in [2.75, 3.05) is 18.5 Å². The van der Waals surface area contributed by atoms with E-state index in [-0.39, 0.29) is 5.82 Å². The lowest BCUT2D eigenvalue weighted by Gasteiger charge is -2.26. The number of nitrogens with one attached hydrogen (secondary N) is 1. The molecule has 108 valence electrons. The Morgan fingerprint density at radius 3 is 2.53 bits per heavy atom. The van der Waals surface area contributed by atoms with E-state index in [1.807, 2.05) is 13.1 Å². The van der Waals surface area contributed by atoms with Gasteiger partial charge in [0.05, 0.1) is 0 Å². The molecule has 2 nitrogen and oxygen atoms in total. The quantitative estimate of drug-likeness (QED) is 0.807. The van der Waals surface area contributed by atoms with Crippen LogP contribution in [0.1, 0.15) is 39.7 Å². The molecular weight excluding hydrogens is 239 g/mol. The van der Waals surface area contributed by atoms with Gasteiger partial charge in [-0.05, 0) is 18.1 Å². The number of nitrogens with zero attached hydrogens (tertiary/aromatic N) is 1. The maximum Gasteiger partial charge on any atom is 0.129 e. The molecule has 0 fully saturated rings. The number of halogens is 1. The van der Waals surface area contributed by atoms with Crippen LogP contribution in [0.4, 0.5) is 10.1 Å². The Kier molecular flexibility index (Phi) is 6.29. The average Bonchev–Trinajstić information content (AvgIpc) is 2.36. The second-order valence-corrected chi connectivity index (χ2v) is 5.67. The molecule has 1 rings (SSSR count). The Morgan fingerprint density at radius 2 is 1.95 bits per heavy atom. The first kappa shape index (κ1) is 16.0. The summed E-state index contributed by atoms with van der Waals surface area (Å²) in [7, 11) is 2.04. The van der Waals surface area contributed by atoms with E-state index in [9.17, 15) is 4.39 Å². The van der Waals surface area contributed by atoms with E-state index >= 15 is 0 Å². The minimum atomic E-state index is -0.123. The van der Waals surface area contributed by atoms with Crippen molar-refractivity contribution >= 4 is 5.69 Å². The van der Waals surface area contributed by atoms with Gasteiger partial charge in [-0.25, -0.2) is 4.39 Å². The molecule has 0 aliphatic carbocycles. The summed E-state index contributed by atoms with van der Waals surface area (Å²) in [6, 6.07) is 5.68. The van der Waals surface area contributed by atoms with Gasteiger partial charge in [-0.1, -0.05) is 40.2 Å². The van der Waals surface area contributed by atoms with Crippen molar-refractivity contribution in [2.45, 2.75) is 46.7 Å². The Bertz CT molecular complexity index is 390. The zero-order valence-corrected chi connectivity index (χ0v) is 12.8. The molecule has 0 saturated heterocycles. The summed E-state index contributed by atoms with van der Waals surface area (Å²) in [5.41, 5.74) is 1.76. The largest absolute Gasteiger partial charge is 0.374 e. The predicted octanol–water partition coefficient (Wildman–Crippen LogP) is 3.81. The maximum absolute atomic E-state index is 14.0. The van der Waals surface area contributed by atoms with Gasteiger partial charge >= 0.3 is 0 Å². The molecule has 0 radical (unpaired) electrons. The second kappa shape index (κ2) is 7.49. The molecule has 0 bridgehead atoms. The number of benzene rings is 1. The van der Waals surface area contributed by atoms with E-state index in [4.69, 9.17) is 0 Å². The van der Waals surface area contributed by atoms with Crippen molar-refractivity contribution in [1.82, 2.24) is 5.32 Å². The Labute approximate surface area is 117 Å². The summed E-state index contributed by atoms with van der Waals surface area (Å²) in [4.78, 5) is 2.16. The van der Waals surface area contributed by atoms with Crippen LogP contribution < -0.4 is 10.2 Å². The number of anilines is 1. The van der Waals surface area contributed by atoms with Gasteiger partial charge in [0.15, 0.2) is 0 Å². The lowest BCUT2D eigenvalue weighted by atomic mass is 10.1. The Morgan fingerprint density at radius 1 is 1.26 bits per heavy atom. The number of hydrogen-bond donors (Lipinski definition) is 1. The van der Waals surface area contributed by atoms with Crippen molar-refractivity contribution in [3.8, 4) is 0 Å². The zero-order chi connectivity index (χ0) is 14.4. The molecule has 0 aliphatic rings. The predicted molar refractivity (Wildman–Crippen MR) is 81.1 cm³/mol. The van der Waals surface area contributed by atoms with Crippen LogP contribution in [0.25, 0.3) is 0 Å². The van der Waals surface area contributed by atoms with Crippen molar-refractivity contribution < 1.29 is 4.39 Å². The lowest BCUT2D eigenvalue weighted by Crippen LogP contribution is -2.28. The fourth-order valence-corrected chi connectivity index (χ4v) is 2.08. The van der Waals surface area contributed by atoms with Crippen LogP contribution in [0.15, 0.2) is 18.2 Å². The lowest BCUT2D eigenvalue weighted by molar-refractivity contribution is 0.541. The summed E-state index contributed by atoms with van der Waals surface area (Å²) >= 11 is 0. The van der Waals surface area contributed by atoms with Crippen LogP contribution in [0.5, 0.6) is 0 Å². The molecule has 0 amide bonds. The second-order valence-electron chi connectivity index (χ2n) is 5.67. The van der Waals surface area contributed by atoms with Gasteiger partial charge in [-0.15, -0.1) is 0 Å². The summed E-state index contributed by atoms with van der Waals surface area (Å²) in [6.07, 6.45) is 1.14. The molecule has 19 heavy (non-hydrogen) atoms. The molecule has 0 saturated carbocycles. The molecule has 0 aromatic heterocycles. The first-order chi connectivity index (χ1) is 8.95. The maximum atomic E-state index is 14.0. The number of hydrogen-bond acceptors (Lipinski definition) is 2. The molecule has 1 aromatic carbocycles. The van der Waals surface area contributed by atoms with Crippen LogP contribution in [-0.4, -0.2) is 19.6 Å². The van der Waals surface area contributed by atoms with Crippen molar-refractivity contribution in [1.29, 1.82) is 0 Å². The molecular formula is C16H27FN2. The summed E-state index contributed by atoms with van der Waals surface area (Å²) in [6.45, 7) is 10.1. The minimum absolute atomic E-state index is 0.123. The van der Waals surface area contributed by atoms with E-state index in [1.54, 1.807) is 6.07 Å². The average molecular weight is 266 g/mol. The Balaban J connectivity index is 2.89. The monoisotopic (exact) mass is 266 g/mol. The third-order valence-electron chi connectivity index (χ3n) is 3.47. The van der Waals surface area contributed by atoms with Crippen LogP contribution in [0.2, 0.25) is 0 Å². The SMILES string of the molecule is CCC(C)CN(C)c1cccc(F)c1CNC(C)C.